The third kappa shape index (κ3) is 2.24. The minimum absolute atomic E-state index is 0.126. The molecule has 0 saturated carbocycles. The van der Waals surface area contributed by atoms with E-state index in [0.29, 0.717) is 28.6 Å². The molecular formula is C18H14N2O5. The molecule has 7 heteroatoms. The number of hydrogen-bond donors (Lipinski definition) is 1. The largest absolute Gasteiger partial charge is 0.507 e. The number of aromatic hydroxyl groups is 1. The highest BCUT2D eigenvalue weighted by Gasteiger charge is 2.26. The molecular weight excluding hydrogens is 324 g/mol. The number of imidazole rings is 1. The van der Waals surface area contributed by atoms with Crippen LogP contribution in [0.2, 0.25) is 0 Å². The normalized spacial score (nSPS) is 15.4. The molecule has 0 aliphatic carbocycles. The maximum absolute atomic E-state index is 10.6. The van der Waals surface area contributed by atoms with Gasteiger partial charge in [-0.15, -0.1) is 0 Å². The zero-order chi connectivity index (χ0) is 16.8. The van der Waals surface area contributed by atoms with Crippen molar-refractivity contribution in [2.45, 2.75) is 6.04 Å². The molecule has 0 spiro atoms. The summed E-state index contributed by atoms with van der Waals surface area (Å²) in [5.41, 5.74) is 1.61. The van der Waals surface area contributed by atoms with Gasteiger partial charge in [0.05, 0.1) is 12.4 Å². The Morgan fingerprint density at radius 1 is 0.920 bits per heavy atom. The van der Waals surface area contributed by atoms with Crippen molar-refractivity contribution in [1.82, 2.24) is 9.55 Å². The van der Waals surface area contributed by atoms with E-state index in [9.17, 15) is 5.11 Å². The molecule has 0 saturated heterocycles. The Morgan fingerprint density at radius 3 is 2.40 bits per heavy atom. The molecule has 25 heavy (non-hydrogen) atoms. The Bertz CT molecular complexity index is 939. The zero-order valence-corrected chi connectivity index (χ0v) is 13.1. The van der Waals surface area contributed by atoms with Crippen LogP contribution in [-0.4, -0.2) is 28.2 Å². The number of ether oxygens (including phenoxy) is 4. The summed E-state index contributed by atoms with van der Waals surface area (Å²) in [6, 6.07) is 8.80. The third-order valence-electron chi connectivity index (χ3n) is 4.35. The van der Waals surface area contributed by atoms with Crippen LogP contribution in [0.15, 0.2) is 49.1 Å². The van der Waals surface area contributed by atoms with E-state index < -0.39 is 0 Å². The number of benzene rings is 2. The van der Waals surface area contributed by atoms with Crippen LogP contribution in [0.4, 0.5) is 0 Å². The molecule has 126 valence electrons. The molecule has 0 fully saturated rings. The lowest BCUT2D eigenvalue weighted by Crippen LogP contribution is -2.11. The molecule has 7 nitrogen and oxygen atoms in total. The van der Waals surface area contributed by atoms with Crippen molar-refractivity contribution in [3.05, 3.63) is 60.2 Å². The highest BCUT2D eigenvalue weighted by atomic mass is 16.7. The SMILES string of the molecule is Oc1cc2c(cc1[C@H](c1ccc3c(c1)OCO3)n1ccnc1)OCO2. The summed E-state index contributed by atoms with van der Waals surface area (Å²) in [5, 5.41) is 10.6. The second-order valence-electron chi connectivity index (χ2n) is 5.79. The summed E-state index contributed by atoms with van der Waals surface area (Å²) >= 11 is 0. The van der Waals surface area contributed by atoms with E-state index in [1.165, 1.54) is 0 Å². The van der Waals surface area contributed by atoms with Crippen molar-refractivity contribution in [1.29, 1.82) is 0 Å². The molecule has 1 aromatic heterocycles. The van der Waals surface area contributed by atoms with Crippen LogP contribution >= 0.6 is 0 Å². The predicted molar refractivity (Wildman–Crippen MR) is 86.3 cm³/mol. The summed E-state index contributed by atoms with van der Waals surface area (Å²) < 4.78 is 23.6. The smallest absolute Gasteiger partial charge is 0.231 e. The van der Waals surface area contributed by atoms with Crippen LogP contribution in [0.25, 0.3) is 0 Å². The van der Waals surface area contributed by atoms with Gasteiger partial charge in [-0.1, -0.05) is 6.07 Å². The van der Waals surface area contributed by atoms with Gasteiger partial charge in [0.1, 0.15) is 5.75 Å². The Balaban J connectivity index is 1.67. The predicted octanol–water partition coefficient (Wildman–Crippen LogP) is 2.68. The highest BCUT2D eigenvalue weighted by Crippen LogP contribution is 2.44. The second kappa shape index (κ2) is 5.34. The summed E-state index contributed by atoms with van der Waals surface area (Å²) in [5.74, 6) is 2.67. The highest BCUT2D eigenvalue weighted by molar-refractivity contribution is 5.55. The van der Waals surface area contributed by atoms with Crippen LogP contribution in [-0.2, 0) is 0 Å². The van der Waals surface area contributed by atoms with Gasteiger partial charge in [-0.3, -0.25) is 0 Å². The molecule has 3 heterocycles. The Labute approximate surface area is 143 Å². The Morgan fingerprint density at radius 2 is 1.64 bits per heavy atom. The van der Waals surface area contributed by atoms with Crippen molar-refractivity contribution < 1.29 is 24.1 Å². The maximum Gasteiger partial charge on any atom is 0.231 e. The van der Waals surface area contributed by atoms with Gasteiger partial charge in [-0.2, -0.15) is 0 Å². The van der Waals surface area contributed by atoms with E-state index in [1.54, 1.807) is 24.7 Å². The zero-order valence-electron chi connectivity index (χ0n) is 13.1. The minimum Gasteiger partial charge on any atom is -0.507 e. The van der Waals surface area contributed by atoms with Crippen molar-refractivity contribution in [2.75, 3.05) is 13.6 Å². The summed E-state index contributed by atoms with van der Waals surface area (Å²) in [7, 11) is 0. The second-order valence-corrected chi connectivity index (χ2v) is 5.79. The maximum atomic E-state index is 10.6. The third-order valence-corrected chi connectivity index (χ3v) is 4.35. The fourth-order valence-corrected chi connectivity index (χ4v) is 3.18. The summed E-state index contributed by atoms with van der Waals surface area (Å²) in [4.78, 5) is 4.14. The van der Waals surface area contributed by atoms with E-state index in [4.69, 9.17) is 18.9 Å². The van der Waals surface area contributed by atoms with Crippen molar-refractivity contribution in [2.24, 2.45) is 0 Å². The fraction of sp³-hybridized carbons (Fsp3) is 0.167. The van der Waals surface area contributed by atoms with Crippen molar-refractivity contribution in [3.63, 3.8) is 0 Å². The molecule has 2 aliphatic heterocycles. The lowest BCUT2D eigenvalue weighted by atomic mass is 9.96. The number of rotatable bonds is 3. The first-order valence-corrected chi connectivity index (χ1v) is 7.79. The molecule has 2 aliphatic rings. The van der Waals surface area contributed by atoms with Gasteiger partial charge in [-0.05, 0) is 23.8 Å². The van der Waals surface area contributed by atoms with Crippen LogP contribution in [0.5, 0.6) is 28.7 Å². The lowest BCUT2D eigenvalue weighted by molar-refractivity contribution is 0.173. The van der Waals surface area contributed by atoms with Gasteiger partial charge < -0.3 is 28.6 Å². The molecule has 5 rings (SSSR count). The first-order valence-electron chi connectivity index (χ1n) is 7.79. The van der Waals surface area contributed by atoms with Crippen molar-refractivity contribution in [3.8, 4) is 28.7 Å². The van der Waals surface area contributed by atoms with Gasteiger partial charge in [0.2, 0.25) is 13.6 Å². The topological polar surface area (TPSA) is 75.0 Å². The van der Waals surface area contributed by atoms with Crippen LogP contribution in [0.1, 0.15) is 17.2 Å². The number of phenols is 1. The number of phenolic OH excluding ortho intramolecular Hbond substituents is 1. The van der Waals surface area contributed by atoms with Gasteiger partial charge in [0.25, 0.3) is 0 Å². The van der Waals surface area contributed by atoms with Gasteiger partial charge in [0, 0.05) is 24.0 Å². The minimum atomic E-state index is -0.300. The number of aromatic nitrogens is 2. The summed E-state index contributed by atoms with van der Waals surface area (Å²) in [6.07, 6.45) is 5.25. The fourth-order valence-electron chi connectivity index (χ4n) is 3.18. The van der Waals surface area contributed by atoms with E-state index in [1.807, 2.05) is 29.0 Å². The number of fused-ring (bicyclic) bond motifs is 2. The van der Waals surface area contributed by atoms with E-state index in [-0.39, 0.29) is 25.4 Å². The van der Waals surface area contributed by atoms with Gasteiger partial charge in [0.15, 0.2) is 23.0 Å². The monoisotopic (exact) mass is 338 g/mol. The number of hydrogen-bond acceptors (Lipinski definition) is 6. The quantitative estimate of drug-likeness (QED) is 0.791. The van der Waals surface area contributed by atoms with E-state index in [0.717, 1.165) is 5.56 Å². The molecule has 0 radical (unpaired) electrons. The molecule has 1 N–H and O–H groups in total. The average molecular weight is 338 g/mol. The Hall–Kier alpha value is -3.35. The first-order chi connectivity index (χ1) is 12.3. The van der Waals surface area contributed by atoms with E-state index >= 15 is 0 Å². The number of nitrogens with zero attached hydrogens (tertiary/aromatic N) is 2. The standard InChI is InChI=1S/C18H14N2O5/c21-13-7-17-16(24-10-25-17)6-12(13)18(20-4-3-19-8-20)11-1-2-14-15(5-11)23-9-22-14/h1-8,18,21H,9-10H2/t18-/m0/s1. The van der Waals surface area contributed by atoms with E-state index in [2.05, 4.69) is 4.98 Å². The van der Waals surface area contributed by atoms with Crippen molar-refractivity contribution >= 4 is 0 Å². The van der Waals surface area contributed by atoms with Crippen LogP contribution in [0.3, 0.4) is 0 Å². The molecule has 0 unspecified atom stereocenters. The molecule has 1 atom stereocenters. The summed E-state index contributed by atoms with van der Waals surface area (Å²) in [6.45, 7) is 0.363. The Kier molecular flexibility index (Phi) is 3.00. The van der Waals surface area contributed by atoms with Crippen LogP contribution < -0.4 is 18.9 Å². The average Bonchev–Trinajstić information content (AvgIpc) is 3.36. The first kappa shape index (κ1) is 14.0. The van der Waals surface area contributed by atoms with Gasteiger partial charge in [-0.25, -0.2) is 4.98 Å². The van der Waals surface area contributed by atoms with Crippen LogP contribution in [0, 0.1) is 0 Å². The molecule has 2 aromatic carbocycles. The van der Waals surface area contributed by atoms with Gasteiger partial charge >= 0.3 is 0 Å². The molecule has 0 bridgehead atoms. The molecule has 0 amide bonds. The lowest BCUT2D eigenvalue weighted by Gasteiger charge is -2.21. The molecule has 3 aromatic rings.